The van der Waals surface area contributed by atoms with E-state index in [2.05, 4.69) is 15.7 Å². The molecule has 1 aliphatic rings. The lowest BCUT2D eigenvalue weighted by molar-refractivity contribution is -0.115. The van der Waals surface area contributed by atoms with Crippen molar-refractivity contribution in [1.29, 1.82) is 0 Å². The van der Waals surface area contributed by atoms with Gasteiger partial charge in [-0.3, -0.25) is 9.59 Å². The second kappa shape index (κ2) is 9.59. The van der Waals surface area contributed by atoms with Gasteiger partial charge in [0.2, 0.25) is 15.9 Å². The highest BCUT2D eigenvalue weighted by atomic mass is 32.2. The summed E-state index contributed by atoms with van der Waals surface area (Å²) in [5, 5.41) is 9.40. The molecule has 3 aromatic rings. The average molecular weight is 471 g/mol. The third kappa shape index (κ3) is 5.15. The van der Waals surface area contributed by atoms with Gasteiger partial charge >= 0.3 is 0 Å². The van der Waals surface area contributed by atoms with Crippen molar-refractivity contribution in [1.82, 2.24) is 24.0 Å². The fraction of sp³-hybridized carbons (Fsp3) is 0.318. The summed E-state index contributed by atoms with van der Waals surface area (Å²) in [4.78, 5) is 24.9. The molecule has 0 aliphatic carbocycles. The zero-order valence-electron chi connectivity index (χ0n) is 18.3. The van der Waals surface area contributed by atoms with Crippen molar-refractivity contribution in [2.24, 2.45) is 7.05 Å². The molecule has 0 unspecified atom stereocenters. The Morgan fingerprint density at radius 3 is 2.48 bits per heavy atom. The van der Waals surface area contributed by atoms with E-state index >= 15 is 0 Å². The van der Waals surface area contributed by atoms with Gasteiger partial charge in [-0.05, 0) is 49.2 Å². The van der Waals surface area contributed by atoms with Crippen LogP contribution in [0, 0.1) is 0 Å². The van der Waals surface area contributed by atoms with Crippen molar-refractivity contribution in [3.63, 3.8) is 0 Å². The van der Waals surface area contributed by atoms with Crippen molar-refractivity contribution in [3.8, 4) is 5.69 Å². The first-order chi connectivity index (χ1) is 15.8. The number of hydrogen-bond acceptors (Lipinski definition) is 5. The lowest BCUT2D eigenvalue weighted by Gasteiger charge is -2.25. The molecule has 33 heavy (non-hydrogen) atoms. The Morgan fingerprint density at radius 1 is 1.09 bits per heavy atom. The fourth-order valence-corrected chi connectivity index (χ4v) is 5.32. The Kier molecular flexibility index (Phi) is 6.61. The minimum atomic E-state index is -3.64. The number of aromatic nitrogens is 3. The molecule has 2 aromatic heterocycles. The number of carbonyl (C=O) groups excluding carboxylic acids is 2. The molecule has 0 bridgehead atoms. The van der Waals surface area contributed by atoms with Gasteiger partial charge in [0.05, 0.1) is 12.2 Å². The number of carbonyl (C=O) groups is 2. The number of rotatable bonds is 7. The fourth-order valence-electron chi connectivity index (χ4n) is 3.73. The number of nitrogens with zero attached hydrogens (tertiary/aromatic N) is 4. The first-order valence-corrected chi connectivity index (χ1v) is 12.1. The third-order valence-electron chi connectivity index (χ3n) is 5.49. The van der Waals surface area contributed by atoms with E-state index in [9.17, 15) is 18.0 Å². The van der Waals surface area contributed by atoms with E-state index in [0.29, 0.717) is 18.8 Å². The second-order valence-electron chi connectivity index (χ2n) is 7.87. The number of sulfonamides is 1. The molecule has 2 amide bonds. The molecule has 3 heterocycles. The number of amides is 2. The Balaban J connectivity index is 1.34. The van der Waals surface area contributed by atoms with E-state index in [-0.39, 0.29) is 17.1 Å². The van der Waals surface area contributed by atoms with Crippen LogP contribution in [0.2, 0.25) is 0 Å². The van der Waals surface area contributed by atoms with Crippen LogP contribution in [0.15, 0.2) is 59.9 Å². The van der Waals surface area contributed by atoms with Gasteiger partial charge in [-0.15, -0.1) is 0 Å². The van der Waals surface area contributed by atoms with Crippen molar-refractivity contribution in [3.05, 3.63) is 60.7 Å². The lowest BCUT2D eigenvalue weighted by atomic mass is 10.2. The number of aryl methyl sites for hydroxylation is 1. The van der Waals surface area contributed by atoms with Crippen LogP contribution in [-0.4, -0.2) is 58.5 Å². The van der Waals surface area contributed by atoms with E-state index in [0.717, 1.165) is 24.9 Å². The molecule has 174 valence electrons. The summed E-state index contributed by atoms with van der Waals surface area (Å²) in [6.07, 6.45) is 7.61. The Morgan fingerprint density at radius 2 is 1.82 bits per heavy atom. The quantitative estimate of drug-likeness (QED) is 0.545. The second-order valence-corrected chi connectivity index (χ2v) is 9.80. The van der Waals surface area contributed by atoms with E-state index in [1.807, 2.05) is 24.4 Å². The highest BCUT2D eigenvalue weighted by Crippen LogP contribution is 2.22. The molecular formula is C22H26N6O4S. The van der Waals surface area contributed by atoms with Crippen molar-refractivity contribution in [2.45, 2.75) is 24.2 Å². The minimum absolute atomic E-state index is 0.0822. The highest BCUT2D eigenvalue weighted by Gasteiger charge is 2.28. The third-order valence-corrected chi connectivity index (χ3v) is 7.36. The maximum absolute atomic E-state index is 12.9. The van der Waals surface area contributed by atoms with Gasteiger partial charge in [0.1, 0.15) is 10.6 Å². The molecule has 1 aromatic carbocycles. The predicted octanol–water partition coefficient (Wildman–Crippen LogP) is 1.75. The van der Waals surface area contributed by atoms with Crippen molar-refractivity contribution in [2.75, 3.05) is 25.0 Å². The molecule has 4 rings (SSSR count). The maximum Gasteiger partial charge on any atom is 0.268 e. The number of hydrogen-bond donors (Lipinski definition) is 2. The number of benzene rings is 1. The first-order valence-electron chi connectivity index (χ1n) is 10.7. The van der Waals surface area contributed by atoms with Gasteiger partial charge in [-0.2, -0.15) is 9.40 Å². The van der Waals surface area contributed by atoms with Crippen molar-refractivity contribution < 1.29 is 18.0 Å². The van der Waals surface area contributed by atoms with Gasteiger partial charge in [-0.1, -0.05) is 6.42 Å². The highest BCUT2D eigenvalue weighted by molar-refractivity contribution is 7.89. The van der Waals surface area contributed by atoms with E-state index < -0.39 is 21.8 Å². The molecular weight excluding hydrogens is 444 g/mol. The molecule has 1 saturated heterocycles. The Hall–Kier alpha value is -3.44. The molecule has 1 fully saturated rings. The summed E-state index contributed by atoms with van der Waals surface area (Å²) >= 11 is 0. The molecule has 10 nitrogen and oxygen atoms in total. The largest absolute Gasteiger partial charge is 0.345 e. The molecule has 0 saturated carbocycles. The molecule has 11 heteroatoms. The minimum Gasteiger partial charge on any atom is -0.345 e. The van der Waals surface area contributed by atoms with Crippen LogP contribution < -0.4 is 10.6 Å². The summed E-state index contributed by atoms with van der Waals surface area (Å²) < 4.78 is 30.3. The number of anilines is 1. The monoisotopic (exact) mass is 470 g/mol. The molecule has 0 radical (unpaired) electrons. The van der Waals surface area contributed by atoms with Gasteiger partial charge in [-0.25, -0.2) is 13.1 Å². The molecule has 2 N–H and O–H groups in total. The summed E-state index contributed by atoms with van der Waals surface area (Å²) in [5.41, 5.74) is 1.60. The zero-order chi connectivity index (χ0) is 23.4. The Bertz CT molecular complexity index is 1230. The molecule has 1 aliphatic heterocycles. The van der Waals surface area contributed by atoms with Crippen molar-refractivity contribution >= 4 is 27.5 Å². The summed E-state index contributed by atoms with van der Waals surface area (Å²) in [5.74, 6) is -0.924. The van der Waals surface area contributed by atoms with Crippen LogP contribution in [0.5, 0.6) is 0 Å². The zero-order valence-corrected chi connectivity index (χ0v) is 19.1. The normalized spacial score (nSPS) is 14.7. The first kappa shape index (κ1) is 22.7. The molecule has 0 atom stereocenters. The summed E-state index contributed by atoms with van der Waals surface area (Å²) in [6, 6.07) is 10.3. The average Bonchev–Trinajstić information content (AvgIpc) is 3.49. The lowest BCUT2D eigenvalue weighted by Crippen LogP contribution is -2.35. The van der Waals surface area contributed by atoms with Crippen LogP contribution >= 0.6 is 0 Å². The van der Waals surface area contributed by atoms with Gasteiger partial charge in [0, 0.05) is 44.4 Å². The maximum atomic E-state index is 12.9. The molecule has 0 spiro atoms. The van der Waals surface area contributed by atoms with Crippen LogP contribution in [0.4, 0.5) is 5.69 Å². The SMILES string of the molecule is Cn1cc(S(=O)(=O)N2CCCCC2)cc1C(=O)NCC(=O)Nc1ccc(-n2cccn2)cc1. The van der Waals surface area contributed by atoms with Crippen LogP contribution in [0.1, 0.15) is 29.8 Å². The standard InChI is InChI=1S/C22H26N6O4S/c1-26-16-19(33(31,32)27-11-3-2-4-12-27)14-20(26)22(30)23-15-21(29)25-17-6-8-18(9-7-17)28-13-5-10-24-28/h5-10,13-14,16H,2-4,11-12,15H2,1H3,(H,23,30)(H,25,29). The van der Waals surface area contributed by atoms with Crippen LogP contribution in [-0.2, 0) is 21.9 Å². The predicted molar refractivity (Wildman–Crippen MR) is 123 cm³/mol. The van der Waals surface area contributed by atoms with E-state index in [1.54, 1.807) is 30.1 Å². The number of nitrogens with one attached hydrogen (secondary N) is 2. The van der Waals surface area contributed by atoms with Gasteiger partial charge < -0.3 is 15.2 Å². The van der Waals surface area contributed by atoms with E-state index in [4.69, 9.17) is 0 Å². The smallest absolute Gasteiger partial charge is 0.268 e. The topological polar surface area (TPSA) is 118 Å². The number of piperidine rings is 1. The van der Waals surface area contributed by atoms with Crippen LogP contribution in [0.3, 0.4) is 0 Å². The van der Waals surface area contributed by atoms with Gasteiger partial charge in [0.25, 0.3) is 5.91 Å². The summed E-state index contributed by atoms with van der Waals surface area (Å²) in [6.45, 7) is 0.725. The summed E-state index contributed by atoms with van der Waals surface area (Å²) in [7, 11) is -2.04. The Labute approximate surface area is 192 Å². The van der Waals surface area contributed by atoms with Crippen LogP contribution in [0.25, 0.3) is 5.69 Å². The van der Waals surface area contributed by atoms with E-state index in [1.165, 1.54) is 21.1 Å². The van der Waals surface area contributed by atoms with Gasteiger partial charge in [0.15, 0.2) is 0 Å².